The summed E-state index contributed by atoms with van der Waals surface area (Å²) < 4.78 is 53.0. The van der Waals surface area contributed by atoms with Gasteiger partial charge in [0.25, 0.3) is 0 Å². The van der Waals surface area contributed by atoms with Crippen LogP contribution in [-0.4, -0.2) is 76.6 Å². The molecule has 11 heteroatoms. The SMILES string of the molecule is C=CCN(C(=O)NCc1ccc(C(F)(F)F)cc1)C1(C)CCN(C[C@H]2CN(C(=O)C3CCCC3)C[C@]2(O)c2cccc(F)c2)CC1. The van der Waals surface area contributed by atoms with E-state index in [-0.39, 0.29) is 36.9 Å². The quantitative estimate of drug-likeness (QED) is 0.262. The molecule has 0 bridgehead atoms. The number of β-amino-alcohol motifs (C(OH)–C–C–N with tert-alkyl or cyclic N) is 1. The number of alkyl halides is 3. The molecule has 3 fully saturated rings. The molecule has 0 radical (unpaired) electrons. The summed E-state index contributed by atoms with van der Waals surface area (Å²) in [7, 11) is 0. The summed E-state index contributed by atoms with van der Waals surface area (Å²) >= 11 is 0. The zero-order valence-electron chi connectivity index (χ0n) is 26.4. The Bertz CT molecular complexity index is 1390. The smallest absolute Gasteiger partial charge is 0.383 e. The lowest BCUT2D eigenvalue weighted by atomic mass is 9.82. The van der Waals surface area contributed by atoms with Crippen LogP contribution in [-0.2, 0) is 23.1 Å². The third kappa shape index (κ3) is 7.41. The number of aliphatic hydroxyl groups is 1. The maximum Gasteiger partial charge on any atom is 0.416 e. The van der Waals surface area contributed by atoms with E-state index in [1.807, 2.05) is 6.92 Å². The summed E-state index contributed by atoms with van der Waals surface area (Å²) in [5.74, 6) is -0.700. The van der Waals surface area contributed by atoms with Crippen molar-refractivity contribution in [2.45, 2.75) is 69.3 Å². The van der Waals surface area contributed by atoms with Gasteiger partial charge in [0.2, 0.25) is 5.91 Å². The number of urea groups is 1. The van der Waals surface area contributed by atoms with E-state index < -0.39 is 28.7 Å². The van der Waals surface area contributed by atoms with Gasteiger partial charge in [-0.25, -0.2) is 9.18 Å². The van der Waals surface area contributed by atoms with E-state index >= 15 is 0 Å². The van der Waals surface area contributed by atoms with Gasteiger partial charge >= 0.3 is 12.2 Å². The first-order valence-corrected chi connectivity index (χ1v) is 16.1. The Morgan fingerprint density at radius 3 is 2.39 bits per heavy atom. The van der Waals surface area contributed by atoms with Gasteiger partial charge in [0, 0.05) is 56.6 Å². The Morgan fingerprint density at radius 2 is 1.78 bits per heavy atom. The van der Waals surface area contributed by atoms with Gasteiger partial charge in [-0.1, -0.05) is 43.2 Å². The molecule has 250 valence electrons. The van der Waals surface area contributed by atoms with Crippen LogP contribution in [0.3, 0.4) is 0 Å². The zero-order valence-corrected chi connectivity index (χ0v) is 26.4. The summed E-state index contributed by atoms with van der Waals surface area (Å²) in [6.45, 7) is 8.55. The van der Waals surface area contributed by atoms with Crippen LogP contribution in [0.5, 0.6) is 0 Å². The summed E-state index contributed by atoms with van der Waals surface area (Å²) in [4.78, 5) is 32.5. The molecule has 46 heavy (non-hydrogen) atoms. The fraction of sp³-hybridized carbons (Fsp3) is 0.543. The first-order valence-electron chi connectivity index (χ1n) is 16.1. The Morgan fingerprint density at radius 1 is 1.11 bits per heavy atom. The van der Waals surface area contributed by atoms with Crippen molar-refractivity contribution in [1.29, 1.82) is 0 Å². The van der Waals surface area contributed by atoms with Crippen molar-refractivity contribution < 1.29 is 32.3 Å². The summed E-state index contributed by atoms with van der Waals surface area (Å²) in [6, 6.07) is 10.4. The average Bonchev–Trinajstić information content (AvgIpc) is 3.68. The van der Waals surface area contributed by atoms with E-state index in [1.165, 1.54) is 24.3 Å². The molecule has 2 aromatic carbocycles. The minimum absolute atomic E-state index is 0.0209. The second-order valence-corrected chi connectivity index (χ2v) is 13.4. The number of hydrogen-bond acceptors (Lipinski definition) is 4. The molecule has 2 aromatic rings. The van der Waals surface area contributed by atoms with Crippen molar-refractivity contribution in [1.82, 2.24) is 20.0 Å². The number of carbonyl (C=O) groups excluding carboxylic acids is 2. The third-order valence-electron chi connectivity index (χ3n) is 10.2. The minimum atomic E-state index is -4.42. The molecule has 1 aliphatic carbocycles. The second-order valence-electron chi connectivity index (χ2n) is 13.4. The van der Waals surface area contributed by atoms with Crippen molar-refractivity contribution in [3.8, 4) is 0 Å². The topological polar surface area (TPSA) is 76.1 Å². The molecule has 0 unspecified atom stereocenters. The fourth-order valence-electron chi connectivity index (χ4n) is 7.36. The van der Waals surface area contributed by atoms with Crippen LogP contribution in [0.25, 0.3) is 0 Å². The molecule has 5 rings (SSSR count). The van der Waals surface area contributed by atoms with Gasteiger partial charge < -0.3 is 25.1 Å². The van der Waals surface area contributed by atoms with Gasteiger partial charge in [0.05, 0.1) is 12.1 Å². The molecule has 0 spiro atoms. The number of amides is 3. The number of likely N-dealkylation sites (tertiary alicyclic amines) is 2. The van der Waals surface area contributed by atoms with Crippen molar-refractivity contribution in [2.75, 3.05) is 39.3 Å². The molecule has 2 saturated heterocycles. The molecular formula is C35H44F4N4O3. The van der Waals surface area contributed by atoms with Gasteiger partial charge in [0.15, 0.2) is 0 Å². The van der Waals surface area contributed by atoms with Gasteiger partial charge in [0.1, 0.15) is 11.4 Å². The normalized spacial score (nSPS) is 23.8. The third-order valence-corrected chi connectivity index (χ3v) is 10.2. The first kappa shape index (κ1) is 33.9. The number of piperidine rings is 1. The van der Waals surface area contributed by atoms with Gasteiger partial charge in [-0.15, -0.1) is 6.58 Å². The van der Waals surface area contributed by atoms with Crippen LogP contribution >= 0.6 is 0 Å². The average molecular weight is 645 g/mol. The monoisotopic (exact) mass is 644 g/mol. The maximum absolute atomic E-state index is 14.3. The van der Waals surface area contributed by atoms with Crippen LogP contribution in [0.4, 0.5) is 22.4 Å². The van der Waals surface area contributed by atoms with E-state index in [2.05, 4.69) is 16.8 Å². The molecule has 1 saturated carbocycles. The van der Waals surface area contributed by atoms with E-state index in [4.69, 9.17) is 0 Å². The van der Waals surface area contributed by atoms with Gasteiger partial charge in [-0.3, -0.25) is 4.79 Å². The van der Waals surface area contributed by atoms with Crippen molar-refractivity contribution >= 4 is 11.9 Å². The Kier molecular flexibility index (Phi) is 10.1. The minimum Gasteiger partial charge on any atom is -0.383 e. The van der Waals surface area contributed by atoms with Gasteiger partial charge in [-0.2, -0.15) is 13.2 Å². The number of carbonyl (C=O) groups is 2. The van der Waals surface area contributed by atoms with Crippen molar-refractivity contribution in [3.63, 3.8) is 0 Å². The predicted octanol–water partition coefficient (Wildman–Crippen LogP) is 5.93. The lowest BCUT2D eigenvalue weighted by molar-refractivity contribution is -0.137. The van der Waals surface area contributed by atoms with E-state index in [0.717, 1.165) is 37.8 Å². The van der Waals surface area contributed by atoms with Crippen LogP contribution in [0.1, 0.15) is 62.1 Å². The first-order chi connectivity index (χ1) is 21.8. The molecule has 2 heterocycles. The molecule has 2 aliphatic heterocycles. The van der Waals surface area contributed by atoms with Crippen LogP contribution in [0.15, 0.2) is 61.2 Å². The molecule has 7 nitrogen and oxygen atoms in total. The summed E-state index contributed by atoms with van der Waals surface area (Å²) in [5, 5.41) is 14.9. The highest BCUT2D eigenvalue weighted by Crippen LogP contribution is 2.41. The highest BCUT2D eigenvalue weighted by Gasteiger charge is 2.50. The molecule has 0 aromatic heterocycles. The zero-order chi connectivity index (χ0) is 33.1. The van der Waals surface area contributed by atoms with Crippen LogP contribution in [0, 0.1) is 17.7 Å². The summed E-state index contributed by atoms with van der Waals surface area (Å²) in [5.41, 5.74) is -1.60. The second kappa shape index (κ2) is 13.7. The lowest BCUT2D eigenvalue weighted by Gasteiger charge is -2.47. The Labute approximate surface area is 268 Å². The molecule has 3 aliphatic rings. The number of benzene rings is 2. The van der Waals surface area contributed by atoms with Crippen LogP contribution < -0.4 is 5.32 Å². The highest BCUT2D eigenvalue weighted by atomic mass is 19.4. The number of nitrogens with one attached hydrogen (secondary N) is 1. The highest BCUT2D eigenvalue weighted by molar-refractivity contribution is 5.79. The lowest BCUT2D eigenvalue weighted by Crippen LogP contribution is -2.58. The van der Waals surface area contributed by atoms with Crippen molar-refractivity contribution in [3.05, 3.63) is 83.7 Å². The molecule has 3 amide bonds. The number of rotatable bonds is 9. The maximum atomic E-state index is 14.3. The largest absolute Gasteiger partial charge is 0.416 e. The Balaban J connectivity index is 1.23. The summed E-state index contributed by atoms with van der Waals surface area (Å²) in [6.07, 6.45) is 2.31. The van der Waals surface area contributed by atoms with E-state index in [9.17, 15) is 32.3 Å². The van der Waals surface area contributed by atoms with E-state index in [1.54, 1.807) is 28.0 Å². The van der Waals surface area contributed by atoms with Crippen molar-refractivity contribution in [2.24, 2.45) is 11.8 Å². The van der Waals surface area contributed by atoms with Crippen LogP contribution in [0.2, 0.25) is 0 Å². The predicted molar refractivity (Wildman–Crippen MR) is 167 cm³/mol. The molecule has 2 N–H and O–H groups in total. The fourth-order valence-corrected chi connectivity index (χ4v) is 7.36. The number of nitrogens with zero attached hydrogens (tertiary/aromatic N) is 3. The molecule has 2 atom stereocenters. The number of hydrogen-bond donors (Lipinski definition) is 2. The number of halogens is 4. The van der Waals surface area contributed by atoms with E-state index in [0.29, 0.717) is 56.7 Å². The Hall–Kier alpha value is -3.44. The van der Waals surface area contributed by atoms with Gasteiger partial charge in [-0.05, 0) is 68.0 Å². The molecular weight excluding hydrogens is 600 g/mol. The standard InChI is InChI=1S/C35H44F4N4O3/c1-3-17-43(32(45)40-21-25-11-13-27(14-12-25)35(37,38)39)33(2)15-18-41(19-16-33)22-29-23-42(31(44)26-7-4-5-8-26)24-34(29,46)28-9-6-10-30(36)20-28/h3,6,9-14,20,26,29,46H,1,4-5,7-8,15-19,21-24H2,2H3,(H,40,45)/t29-,34-/m0/s1.